The summed E-state index contributed by atoms with van der Waals surface area (Å²) in [4.78, 5) is 14.7. The number of carbonyl (C=O) groups is 1. The molecule has 0 spiro atoms. The van der Waals surface area contributed by atoms with Crippen molar-refractivity contribution in [1.29, 1.82) is 0 Å². The van der Waals surface area contributed by atoms with Gasteiger partial charge >= 0.3 is 0 Å². The minimum absolute atomic E-state index is 0.130. The van der Waals surface area contributed by atoms with E-state index in [0.717, 1.165) is 24.2 Å². The van der Waals surface area contributed by atoms with Gasteiger partial charge in [0.05, 0.1) is 5.57 Å². The van der Waals surface area contributed by atoms with Gasteiger partial charge in [0, 0.05) is 45.9 Å². The van der Waals surface area contributed by atoms with Crippen molar-refractivity contribution >= 4 is 28.5 Å². The summed E-state index contributed by atoms with van der Waals surface area (Å²) in [5, 5.41) is 9.60. The summed E-state index contributed by atoms with van der Waals surface area (Å²) in [6, 6.07) is 12.7. The van der Waals surface area contributed by atoms with E-state index in [1.165, 1.54) is 12.1 Å². The Bertz CT molecular complexity index is 1010. The van der Waals surface area contributed by atoms with Crippen molar-refractivity contribution in [1.82, 2.24) is 4.90 Å². The van der Waals surface area contributed by atoms with Gasteiger partial charge in [-0.2, -0.15) is 0 Å². The number of nitrogens with one attached hydrogen (secondary N) is 3. The van der Waals surface area contributed by atoms with Crippen LogP contribution in [0.25, 0.3) is 5.57 Å². The SMILES string of the molecule is CN1C(C)(C)CC(Nc2ccc(N/C=C3\C(=O)Nc4ccc(F)cc43)cc2)CC1(C)C. The van der Waals surface area contributed by atoms with Crippen molar-refractivity contribution in [3.8, 4) is 0 Å². The number of likely N-dealkylation sites (tertiary alicyclic amines) is 1. The van der Waals surface area contributed by atoms with E-state index in [2.05, 4.69) is 55.6 Å². The first-order valence-corrected chi connectivity index (χ1v) is 10.7. The number of piperidine rings is 1. The number of rotatable bonds is 4. The summed E-state index contributed by atoms with van der Waals surface area (Å²) >= 11 is 0. The third-order valence-electron chi connectivity index (χ3n) is 6.71. The molecule has 1 saturated heterocycles. The summed E-state index contributed by atoms with van der Waals surface area (Å²) in [6.07, 6.45) is 3.78. The Balaban J connectivity index is 1.43. The molecule has 6 heteroatoms. The topological polar surface area (TPSA) is 56.4 Å². The molecule has 31 heavy (non-hydrogen) atoms. The Morgan fingerprint density at radius 2 is 1.65 bits per heavy atom. The molecule has 0 saturated carbocycles. The molecule has 0 unspecified atom stereocenters. The lowest BCUT2D eigenvalue weighted by atomic mass is 9.77. The maximum Gasteiger partial charge on any atom is 0.257 e. The molecule has 4 rings (SSSR count). The molecule has 1 fully saturated rings. The molecule has 0 atom stereocenters. The van der Waals surface area contributed by atoms with E-state index in [4.69, 9.17) is 0 Å². The lowest BCUT2D eigenvalue weighted by Crippen LogP contribution is -2.61. The fraction of sp³-hybridized carbons (Fsp3) is 0.400. The van der Waals surface area contributed by atoms with Gasteiger partial charge in [-0.25, -0.2) is 4.39 Å². The predicted octanol–water partition coefficient (Wildman–Crippen LogP) is 5.29. The van der Waals surface area contributed by atoms with Crippen LogP contribution in [0.2, 0.25) is 0 Å². The highest BCUT2D eigenvalue weighted by Crippen LogP contribution is 2.38. The number of halogens is 1. The summed E-state index contributed by atoms with van der Waals surface area (Å²) in [5.74, 6) is -0.601. The number of hydrogen-bond acceptors (Lipinski definition) is 4. The van der Waals surface area contributed by atoms with Gasteiger partial charge in [-0.3, -0.25) is 9.69 Å². The maximum absolute atomic E-state index is 13.6. The van der Waals surface area contributed by atoms with Crippen molar-refractivity contribution < 1.29 is 9.18 Å². The van der Waals surface area contributed by atoms with Crippen LogP contribution in [0.1, 0.15) is 46.1 Å². The molecule has 0 aromatic heterocycles. The molecule has 0 radical (unpaired) electrons. The zero-order chi connectivity index (χ0) is 22.4. The average Bonchev–Trinajstić information content (AvgIpc) is 2.99. The molecular weight excluding hydrogens is 391 g/mol. The molecule has 0 aliphatic carbocycles. The van der Waals surface area contributed by atoms with E-state index in [1.54, 1.807) is 12.3 Å². The van der Waals surface area contributed by atoms with E-state index in [-0.39, 0.29) is 22.8 Å². The zero-order valence-electron chi connectivity index (χ0n) is 18.8. The minimum Gasteiger partial charge on any atom is -0.382 e. The molecule has 164 valence electrons. The van der Waals surface area contributed by atoms with Crippen LogP contribution >= 0.6 is 0 Å². The van der Waals surface area contributed by atoms with Crippen molar-refractivity contribution in [3.05, 3.63) is 60.0 Å². The van der Waals surface area contributed by atoms with Crippen molar-refractivity contribution in [3.63, 3.8) is 0 Å². The number of carbonyl (C=O) groups excluding carboxylic acids is 1. The lowest BCUT2D eigenvalue weighted by molar-refractivity contribution is -0.110. The first-order chi connectivity index (χ1) is 14.5. The molecule has 5 nitrogen and oxygen atoms in total. The highest BCUT2D eigenvalue weighted by atomic mass is 19.1. The largest absolute Gasteiger partial charge is 0.382 e. The van der Waals surface area contributed by atoms with Crippen LogP contribution in [0.15, 0.2) is 48.7 Å². The molecule has 2 heterocycles. The number of amides is 1. The molecule has 2 aromatic carbocycles. The zero-order valence-corrected chi connectivity index (χ0v) is 18.8. The standard InChI is InChI=1S/C25H31FN4O/c1-24(2)13-19(14-25(3,4)30(24)5)28-18-9-7-17(8-10-18)27-15-21-20-12-16(26)6-11-22(20)29-23(21)31/h6-12,15,19,27-28H,13-14H2,1-5H3,(H,29,31)/b21-15-. The number of anilines is 3. The second-order valence-corrected chi connectivity index (χ2v) is 9.86. The second-order valence-electron chi connectivity index (χ2n) is 9.86. The van der Waals surface area contributed by atoms with E-state index in [0.29, 0.717) is 22.9 Å². The normalized spacial score (nSPS) is 21.6. The predicted molar refractivity (Wildman–Crippen MR) is 126 cm³/mol. The van der Waals surface area contributed by atoms with Gasteiger partial charge in [-0.05, 0) is 90.0 Å². The maximum atomic E-state index is 13.6. The fourth-order valence-electron chi connectivity index (χ4n) is 4.83. The van der Waals surface area contributed by atoms with Crippen LogP contribution in [0.4, 0.5) is 21.5 Å². The van der Waals surface area contributed by atoms with Gasteiger partial charge in [0.2, 0.25) is 0 Å². The van der Waals surface area contributed by atoms with Gasteiger partial charge in [0.25, 0.3) is 5.91 Å². The Kier molecular flexibility index (Phi) is 5.30. The molecular formula is C25H31FN4O. The highest BCUT2D eigenvalue weighted by molar-refractivity contribution is 6.31. The van der Waals surface area contributed by atoms with Crippen LogP contribution in [-0.2, 0) is 4.79 Å². The molecule has 2 aliphatic rings. The van der Waals surface area contributed by atoms with E-state index in [9.17, 15) is 9.18 Å². The van der Waals surface area contributed by atoms with Gasteiger partial charge in [0.1, 0.15) is 5.82 Å². The molecule has 0 bridgehead atoms. The van der Waals surface area contributed by atoms with Crippen LogP contribution < -0.4 is 16.0 Å². The third-order valence-corrected chi connectivity index (χ3v) is 6.71. The van der Waals surface area contributed by atoms with Crippen LogP contribution in [0.3, 0.4) is 0 Å². The summed E-state index contributed by atoms with van der Waals surface area (Å²) in [7, 11) is 2.21. The summed E-state index contributed by atoms with van der Waals surface area (Å²) < 4.78 is 13.6. The summed E-state index contributed by atoms with van der Waals surface area (Å²) in [5.41, 5.74) is 3.82. The van der Waals surface area contributed by atoms with Gasteiger partial charge in [-0.1, -0.05) is 0 Å². The van der Waals surface area contributed by atoms with Crippen LogP contribution in [0.5, 0.6) is 0 Å². The highest BCUT2D eigenvalue weighted by Gasteiger charge is 2.42. The average molecular weight is 423 g/mol. The lowest BCUT2D eigenvalue weighted by Gasteiger charge is -2.53. The molecule has 3 N–H and O–H groups in total. The van der Waals surface area contributed by atoms with Crippen molar-refractivity contribution in [2.24, 2.45) is 0 Å². The van der Waals surface area contributed by atoms with E-state index in [1.807, 2.05) is 24.3 Å². The smallest absolute Gasteiger partial charge is 0.257 e. The Morgan fingerprint density at radius 1 is 1.03 bits per heavy atom. The minimum atomic E-state index is -0.364. The van der Waals surface area contributed by atoms with Gasteiger partial charge in [0.15, 0.2) is 0 Å². The first-order valence-electron chi connectivity index (χ1n) is 10.7. The van der Waals surface area contributed by atoms with Gasteiger partial charge < -0.3 is 16.0 Å². The Labute approximate surface area is 183 Å². The molecule has 2 aliphatic heterocycles. The Morgan fingerprint density at radius 3 is 2.29 bits per heavy atom. The number of nitrogens with zero attached hydrogens (tertiary/aromatic N) is 1. The van der Waals surface area contributed by atoms with Crippen LogP contribution in [-0.4, -0.2) is 35.0 Å². The second kappa shape index (κ2) is 7.68. The number of hydrogen-bond donors (Lipinski definition) is 3. The van der Waals surface area contributed by atoms with Crippen molar-refractivity contribution in [2.45, 2.75) is 57.7 Å². The van der Waals surface area contributed by atoms with E-state index >= 15 is 0 Å². The summed E-state index contributed by atoms with van der Waals surface area (Å²) in [6.45, 7) is 9.19. The fourth-order valence-corrected chi connectivity index (χ4v) is 4.83. The molecule has 1 amide bonds. The van der Waals surface area contributed by atoms with Crippen molar-refractivity contribution in [2.75, 3.05) is 23.0 Å². The monoisotopic (exact) mass is 422 g/mol. The number of fused-ring (bicyclic) bond motifs is 1. The third kappa shape index (κ3) is 4.30. The van der Waals surface area contributed by atoms with E-state index < -0.39 is 0 Å². The Hall–Kier alpha value is -2.86. The first kappa shape index (κ1) is 21.4. The quantitative estimate of drug-likeness (QED) is 0.586. The van der Waals surface area contributed by atoms with Gasteiger partial charge in [-0.15, -0.1) is 0 Å². The van der Waals surface area contributed by atoms with Crippen LogP contribution in [0, 0.1) is 5.82 Å². The number of benzene rings is 2. The molecule has 2 aromatic rings.